The van der Waals surface area contributed by atoms with Gasteiger partial charge in [0, 0.05) is 25.3 Å². The molecule has 1 aromatic carbocycles. The molecule has 1 heterocycles. The van der Waals surface area contributed by atoms with Gasteiger partial charge in [-0.3, -0.25) is 14.8 Å². The lowest BCUT2D eigenvalue weighted by molar-refractivity contribution is -0.149. The maximum Gasteiger partial charge on any atom is 0.310 e. The van der Waals surface area contributed by atoms with E-state index >= 15 is 0 Å². The Balaban J connectivity index is 2.24. The normalized spacial score (nSPS) is 19.5. The van der Waals surface area contributed by atoms with Gasteiger partial charge in [0.15, 0.2) is 0 Å². The zero-order valence-electron chi connectivity index (χ0n) is 14.7. The first-order valence-electron chi connectivity index (χ1n) is 8.16. The second kappa shape index (κ2) is 6.83. The number of benzene rings is 1. The third-order valence-electron chi connectivity index (χ3n) is 4.18. The number of ether oxygens (including phenoxy) is 1. The SMILES string of the molecule is CCCOC1(C(NC(=O)c2ccc(S(F)(F)(F)(F)F)cc2)C(=O)NO)CNC1. The van der Waals surface area contributed by atoms with Crippen molar-refractivity contribution < 1.29 is 39.0 Å². The Bertz CT molecular complexity index is 754. The van der Waals surface area contributed by atoms with Crippen molar-refractivity contribution in [2.75, 3.05) is 19.7 Å². The van der Waals surface area contributed by atoms with Crippen molar-refractivity contribution in [2.24, 2.45) is 0 Å². The second-order valence-corrected chi connectivity index (χ2v) is 8.80. The molecule has 28 heavy (non-hydrogen) atoms. The number of carbonyl (C=O) groups is 2. The van der Waals surface area contributed by atoms with Crippen molar-refractivity contribution in [1.29, 1.82) is 0 Å². The van der Waals surface area contributed by atoms with Crippen LogP contribution in [0.4, 0.5) is 19.4 Å². The molecule has 1 saturated heterocycles. The summed E-state index contributed by atoms with van der Waals surface area (Å²) in [7, 11) is -9.86. The van der Waals surface area contributed by atoms with Crippen LogP contribution in [0.1, 0.15) is 23.7 Å². The highest BCUT2D eigenvalue weighted by Gasteiger charge is 2.65. The summed E-state index contributed by atoms with van der Waals surface area (Å²) >= 11 is 0. The first kappa shape index (κ1) is 22.3. The molecule has 1 aliphatic rings. The van der Waals surface area contributed by atoms with E-state index in [1.54, 1.807) is 0 Å². The van der Waals surface area contributed by atoms with Crippen molar-refractivity contribution in [3.05, 3.63) is 29.8 Å². The summed E-state index contributed by atoms with van der Waals surface area (Å²) in [5.74, 6) is -1.98. The average Bonchev–Trinajstić information content (AvgIpc) is 2.57. The third kappa shape index (κ3) is 4.90. The molecule has 0 aliphatic carbocycles. The number of halogens is 5. The largest absolute Gasteiger partial charge is 0.370 e. The van der Waals surface area contributed by atoms with Crippen molar-refractivity contribution in [2.45, 2.75) is 29.9 Å². The summed E-state index contributed by atoms with van der Waals surface area (Å²) in [6.07, 6.45) is 0.610. The van der Waals surface area contributed by atoms with Gasteiger partial charge >= 0.3 is 10.2 Å². The molecule has 7 nitrogen and oxygen atoms in total. The van der Waals surface area contributed by atoms with Gasteiger partial charge < -0.3 is 15.4 Å². The quantitative estimate of drug-likeness (QED) is 0.287. The number of carbonyl (C=O) groups excluding carboxylic acids is 2. The van der Waals surface area contributed by atoms with Gasteiger partial charge in [0.2, 0.25) is 0 Å². The van der Waals surface area contributed by atoms with Gasteiger partial charge in [0.25, 0.3) is 11.8 Å². The number of hydroxylamine groups is 1. The standard InChI is InChI=1S/C15H20F5N3O4S/c1-2-7-27-15(8-21-9-15)12(14(25)23-26)22-13(24)10-3-5-11(6-4-10)28(16,17,18,19)20/h3-6,12,21,26H,2,7-9H2,1H3,(H,22,24)(H,23,25). The van der Waals surface area contributed by atoms with Crippen LogP contribution in [0, 0.1) is 0 Å². The van der Waals surface area contributed by atoms with Crippen LogP contribution in [0.2, 0.25) is 0 Å². The van der Waals surface area contributed by atoms with E-state index in [1.165, 1.54) is 5.48 Å². The highest BCUT2D eigenvalue weighted by molar-refractivity contribution is 8.45. The predicted molar refractivity (Wildman–Crippen MR) is 90.9 cm³/mol. The molecule has 4 N–H and O–H groups in total. The van der Waals surface area contributed by atoms with Crippen molar-refractivity contribution in [1.82, 2.24) is 16.1 Å². The van der Waals surface area contributed by atoms with E-state index in [4.69, 9.17) is 9.94 Å². The molecule has 160 valence electrons. The van der Waals surface area contributed by atoms with Crippen LogP contribution < -0.4 is 16.1 Å². The van der Waals surface area contributed by atoms with Crippen molar-refractivity contribution >= 4 is 22.0 Å². The van der Waals surface area contributed by atoms with Crippen LogP contribution in [0.3, 0.4) is 0 Å². The van der Waals surface area contributed by atoms with Gasteiger partial charge in [-0.1, -0.05) is 26.4 Å². The number of hydrogen-bond acceptors (Lipinski definition) is 5. The van der Waals surface area contributed by atoms with E-state index in [-0.39, 0.29) is 37.4 Å². The number of rotatable bonds is 8. The van der Waals surface area contributed by atoms with Crippen molar-refractivity contribution in [3.63, 3.8) is 0 Å². The monoisotopic (exact) mass is 433 g/mol. The Hall–Kier alpha value is -1.96. The summed E-state index contributed by atoms with van der Waals surface area (Å²) in [5.41, 5.74) is -0.134. The Morgan fingerprint density at radius 3 is 2.18 bits per heavy atom. The summed E-state index contributed by atoms with van der Waals surface area (Å²) in [5, 5.41) is 14.1. The second-order valence-electron chi connectivity index (χ2n) is 6.39. The third-order valence-corrected chi connectivity index (χ3v) is 5.34. The summed E-state index contributed by atoms with van der Waals surface area (Å²) < 4.78 is 69.5. The van der Waals surface area contributed by atoms with Gasteiger partial charge in [-0.15, -0.1) is 0 Å². The molecule has 2 amide bonds. The lowest BCUT2D eigenvalue weighted by Gasteiger charge is -2.46. The molecule has 1 atom stereocenters. The summed E-state index contributed by atoms with van der Waals surface area (Å²) in [4.78, 5) is 22.2. The number of nitrogens with one attached hydrogen (secondary N) is 3. The minimum absolute atomic E-state index is 0.103. The molecule has 1 aliphatic heterocycles. The molecule has 13 heteroatoms. The fraction of sp³-hybridized carbons (Fsp3) is 0.467. The average molecular weight is 433 g/mol. The predicted octanol–water partition coefficient (Wildman–Crippen LogP) is 2.72. The van der Waals surface area contributed by atoms with Crippen LogP contribution in [-0.2, 0) is 9.53 Å². The zero-order valence-corrected chi connectivity index (χ0v) is 15.5. The minimum Gasteiger partial charge on any atom is -0.370 e. The number of amides is 2. The van der Waals surface area contributed by atoms with Gasteiger partial charge in [0.05, 0.1) is 0 Å². The Labute approximate surface area is 157 Å². The minimum atomic E-state index is -9.86. The molecule has 1 unspecified atom stereocenters. The van der Waals surface area contributed by atoms with E-state index < -0.39 is 38.6 Å². The zero-order chi connectivity index (χ0) is 21.3. The van der Waals surface area contributed by atoms with E-state index in [2.05, 4.69) is 10.6 Å². The van der Waals surface area contributed by atoms with Crippen LogP contribution in [0.15, 0.2) is 29.2 Å². The van der Waals surface area contributed by atoms with Gasteiger partial charge in [-0.2, -0.15) is 0 Å². The van der Waals surface area contributed by atoms with E-state index in [0.29, 0.717) is 18.6 Å². The Kier molecular flexibility index (Phi) is 5.44. The van der Waals surface area contributed by atoms with Crippen LogP contribution in [0.5, 0.6) is 0 Å². The number of hydrogen-bond donors (Lipinski definition) is 4. The molecule has 0 spiro atoms. The molecule has 1 aromatic rings. The molecule has 2 rings (SSSR count). The van der Waals surface area contributed by atoms with Crippen LogP contribution in [-0.4, -0.2) is 48.4 Å². The molecule has 1 fully saturated rings. The van der Waals surface area contributed by atoms with Gasteiger partial charge in [0.1, 0.15) is 16.5 Å². The van der Waals surface area contributed by atoms with Crippen molar-refractivity contribution in [3.8, 4) is 0 Å². The van der Waals surface area contributed by atoms with Crippen LogP contribution >= 0.6 is 10.2 Å². The van der Waals surface area contributed by atoms with Gasteiger partial charge in [-0.25, -0.2) is 5.48 Å². The molecule has 0 saturated carbocycles. The molecule has 0 radical (unpaired) electrons. The molecular weight excluding hydrogens is 413 g/mol. The molecule has 0 aromatic heterocycles. The Morgan fingerprint density at radius 2 is 1.79 bits per heavy atom. The van der Waals surface area contributed by atoms with Gasteiger partial charge in [-0.05, 0) is 30.7 Å². The highest BCUT2D eigenvalue weighted by Crippen LogP contribution is 3.02. The maximum absolute atomic E-state index is 12.8. The Morgan fingerprint density at radius 1 is 1.21 bits per heavy atom. The van der Waals surface area contributed by atoms with Crippen LogP contribution in [0.25, 0.3) is 0 Å². The van der Waals surface area contributed by atoms with E-state index in [0.717, 1.165) is 0 Å². The smallest absolute Gasteiger partial charge is 0.310 e. The molecule has 0 bridgehead atoms. The lowest BCUT2D eigenvalue weighted by Crippen LogP contribution is -2.74. The topological polar surface area (TPSA) is 99.7 Å². The first-order chi connectivity index (χ1) is 12.7. The maximum atomic E-state index is 12.8. The first-order valence-corrected chi connectivity index (χ1v) is 10.1. The summed E-state index contributed by atoms with van der Waals surface area (Å²) in [6.45, 7) is 2.42. The van der Waals surface area contributed by atoms with E-state index in [9.17, 15) is 29.0 Å². The molecular formula is C15H20F5N3O4S. The van der Waals surface area contributed by atoms with E-state index in [1.807, 2.05) is 6.92 Å². The summed E-state index contributed by atoms with van der Waals surface area (Å²) in [6, 6.07) is -0.00457. The fourth-order valence-corrected chi connectivity index (χ4v) is 3.30. The highest BCUT2D eigenvalue weighted by atomic mass is 32.5. The fourth-order valence-electron chi connectivity index (χ4n) is 2.64. The lowest BCUT2D eigenvalue weighted by atomic mass is 9.86.